The summed E-state index contributed by atoms with van der Waals surface area (Å²) in [6, 6.07) is 2.69. The van der Waals surface area contributed by atoms with Crippen LogP contribution in [0.15, 0.2) is 16.7 Å². The molecule has 0 aromatic carbocycles. The van der Waals surface area contributed by atoms with Crippen molar-refractivity contribution in [3.8, 4) is 0 Å². The van der Waals surface area contributed by atoms with Crippen molar-refractivity contribution in [2.75, 3.05) is 24.5 Å². The van der Waals surface area contributed by atoms with Gasteiger partial charge in [0.1, 0.15) is 5.82 Å². The van der Waals surface area contributed by atoms with Crippen molar-refractivity contribution in [1.82, 2.24) is 10.3 Å². The lowest BCUT2D eigenvalue weighted by molar-refractivity contribution is 0.462. The fourth-order valence-corrected chi connectivity index (χ4v) is 2.83. The molecule has 3 nitrogen and oxygen atoms in total. The van der Waals surface area contributed by atoms with E-state index in [1.54, 1.807) is 0 Å². The van der Waals surface area contributed by atoms with Gasteiger partial charge in [-0.15, -0.1) is 0 Å². The Hall–Kier alpha value is -0.610. The van der Waals surface area contributed by atoms with E-state index in [0.717, 1.165) is 36.3 Å². The first-order chi connectivity index (χ1) is 7.72. The molecule has 1 saturated heterocycles. The second-order valence-electron chi connectivity index (χ2n) is 4.28. The van der Waals surface area contributed by atoms with Crippen LogP contribution in [0.4, 0.5) is 5.82 Å². The van der Waals surface area contributed by atoms with Crippen molar-refractivity contribution in [2.24, 2.45) is 0 Å². The number of nitrogens with one attached hydrogen (secondary N) is 1. The minimum absolute atomic E-state index is 0.556. The molecular weight excluding hydrogens is 266 g/mol. The Morgan fingerprint density at radius 2 is 2.44 bits per heavy atom. The Morgan fingerprint density at radius 1 is 1.62 bits per heavy atom. The molecule has 0 radical (unpaired) electrons. The molecule has 1 aliphatic rings. The fraction of sp³-hybridized carbons (Fsp3) is 0.583. The van der Waals surface area contributed by atoms with E-state index >= 15 is 0 Å². The third kappa shape index (κ3) is 2.38. The van der Waals surface area contributed by atoms with Crippen LogP contribution in [-0.4, -0.2) is 30.7 Å². The Balaban J connectivity index is 2.27. The molecule has 0 spiro atoms. The van der Waals surface area contributed by atoms with E-state index in [-0.39, 0.29) is 0 Å². The molecule has 0 amide bonds. The van der Waals surface area contributed by atoms with Crippen LogP contribution in [0.3, 0.4) is 0 Å². The molecule has 4 heteroatoms. The maximum Gasteiger partial charge on any atom is 0.143 e. The highest BCUT2D eigenvalue weighted by atomic mass is 79.9. The van der Waals surface area contributed by atoms with Gasteiger partial charge in [-0.1, -0.05) is 6.92 Å². The largest absolute Gasteiger partial charge is 0.350 e. The molecule has 1 atom stereocenters. The molecule has 2 heterocycles. The summed E-state index contributed by atoms with van der Waals surface area (Å²) in [6.45, 7) is 7.42. The molecule has 0 aliphatic carbocycles. The summed E-state index contributed by atoms with van der Waals surface area (Å²) in [5.74, 6) is 1.08. The lowest BCUT2D eigenvalue weighted by atomic mass is 10.1. The van der Waals surface area contributed by atoms with Crippen molar-refractivity contribution >= 4 is 21.7 Å². The first-order valence-corrected chi connectivity index (χ1v) is 6.61. The average molecular weight is 284 g/mol. The van der Waals surface area contributed by atoms with Crippen LogP contribution < -0.4 is 10.2 Å². The second-order valence-corrected chi connectivity index (χ2v) is 5.13. The molecular formula is C12H18BrN3. The van der Waals surface area contributed by atoms with Crippen LogP contribution in [0.1, 0.15) is 18.9 Å². The first-order valence-electron chi connectivity index (χ1n) is 5.82. The van der Waals surface area contributed by atoms with E-state index in [1.165, 1.54) is 5.56 Å². The SMILES string of the molecule is CCC1CNCCN1c1ncc(C)cc1Br. The zero-order valence-corrected chi connectivity index (χ0v) is 11.4. The molecule has 1 aromatic rings. The number of hydrogen-bond acceptors (Lipinski definition) is 3. The summed E-state index contributed by atoms with van der Waals surface area (Å²) in [4.78, 5) is 6.95. The third-order valence-corrected chi connectivity index (χ3v) is 3.64. The van der Waals surface area contributed by atoms with Gasteiger partial charge in [0.25, 0.3) is 0 Å². The summed E-state index contributed by atoms with van der Waals surface area (Å²) < 4.78 is 1.10. The van der Waals surface area contributed by atoms with Crippen molar-refractivity contribution in [3.05, 3.63) is 22.3 Å². The number of aryl methyl sites for hydroxylation is 1. The number of piperazine rings is 1. The zero-order valence-electron chi connectivity index (χ0n) is 9.83. The van der Waals surface area contributed by atoms with Crippen LogP contribution in [0.2, 0.25) is 0 Å². The van der Waals surface area contributed by atoms with Crippen LogP contribution in [0, 0.1) is 6.92 Å². The summed E-state index contributed by atoms with van der Waals surface area (Å²) in [5, 5.41) is 3.43. The van der Waals surface area contributed by atoms with E-state index in [4.69, 9.17) is 0 Å². The predicted octanol–water partition coefficient (Wildman–Crippen LogP) is 2.34. The van der Waals surface area contributed by atoms with Gasteiger partial charge in [-0.2, -0.15) is 0 Å². The maximum absolute atomic E-state index is 4.55. The van der Waals surface area contributed by atoms with E-state index in [2.05, 4.69) is 51.0 Å². The van der Waals surface area contributed by atoms with Crippen molar-refractivity contribution < 1.29 is 0 Å². The number of nitrogens with zero attached hydrogens (tertiary/aromatic N) is 2. The first kappa shape index (κ1) is 11.9. The van der Waals surface area contributed by atoms with E-state index < -0.39 is 0 Å². The van der Waals surface area contributed by atoms with Crippen molar-refractivity contribution in [3.63, 3.8) is 0 Å². The summed E-state index contributed by atoms with van der Waals surface area (Å²) in [7, 11) is 0. The van der Waals surface area contributed by atoms with Crippen LogP contribution in [0.25, 0.3) is 0 Å². The van der Waals surface area contributed by atoms with Crippen molar-refractivity contribution in [2.45, 2.75) is 26.3 Å². The highest BCUT2D eigenvalue weighted by Gasteiger charge is 2.23. The highest BCUT2D eigenvalue weighted by molar-refractivity contribution is 9.10. The molecule has 1 N–H and O–H groups in total. The Morgan fingerprint density at radius 3 is 3.12 bits per heavy atom. The molecule has 0 bridgehead atoms. The number of hydrogen-bond donors (Lipinski definition) is 1. The molecule has 1 aliphatic heterocycles. The number of rotatable bonds is 2. The van der Waals surface area contributed by atoms with Gasteiger partial charge in [-0.3, -0.25) is 0 Å². The van der Waals surface area contributed by atoms with Gasteiger partial charge < -0.3 is 10.2 Å². The van der Waals surface area contributed by atoms with Gasteiger partial charge in [0, 0.05) is 31.9 Å². The monoisotopic (exact) mass is 283 g/mol. The van der Waals surface area contributed by atoms with E-state index in [0.29, 0.717) is 6.04 Å². The smallest absolute Gasteiger partial charge is 0.143 e. The second kappa shape index (κ2) is 5.15. The van der Waals surface area contributed by atoms with Crippen LogP contribution in [0.5, 0.6) is 0 Å². The topological polar surface area (TPSA) is 28.2 Å². The van der Waals surface area contributed by atoms with Gasteiger partial charge in [-0.25, -0.2) is 4.98 Å². The van der Waals surface area contributed by atoms with E-state index in [9.17, 15) is 0 Å². The number of aromatic nitrogens is 1. The van der Waals surface area contributed by atoms with Crippen LogP contribution in [-0.2, 0) is 0 Å². The molecule has 1 fully saturated rings. The molecule has 1 aromatic heterocycles. The zero-order chi connectivity index (χ0) is 11.5. The molecule has 16 heavy (non-hydrogen) atoms. The Bertz CT molecular complexity index is 367. The quantitative estimate of drug-likeness (QED) is 0.903. The standard InChI is InChI=1S/C12H18BrN3/c1-3-10-8-14-4-5-16(10)12-11(13)6-9(2)7-15-12/h6-7,10,14H,3-5,8H2,1-2H3. The van der Waals surface area contributed by atoms with Gasteiger partial charge in [0.15, 0.2) is 0 Å². The van der Waals surface area contributed by atoms with Gasteiger partial charge in [-0.05, 0) is 40.9 Å². The summed E-state index contributed by atoms with van der Waals surface area (Å²) in [6.07, 6.45) is 3.09. The predicted molar refractivity (Wildman–Crippen MR) is 71.0 cm³/mol. The van der Waals surface area contributed by atoms with Gasteiger partial charge >= 0.3 is 0 Å². The number of halogens is 1. The summed E-state index contributed by atoms with van der Waals surface area (Å²) >= 11 is 3.61. The minimum atomic E-state index is 0.556. The van der Waals surface area contributed by atoms with Crippen LogP contribution >= 0.6 is 15.9 Å². The average Bonchev–Trinajstić information content (AvgIpc) is 2.29. The van der Waals surface area contributed by atoms with Crippen molar-refractivity contribution in [1.29, 1.82) is 0 Å². The van der Waals surface area contributed by atoms with E-state index in [1.807, 2.05) is 6.20 Å². The lowest BCUT2D eigenvalue weighted by Crippen LogP contribution is -2.51. The van der Waals surface area contributed by atoms with Gasteiger partial charge in [0.05, 0.1) is 4.47 Å². The normalized spacial score (nSPS) is 21.2. The third-order valence-electron chi connectivity index (χ3n) is 3.05. The number of anilines is 1. The Labute approximate surface area is 105 Å². The highest BCUT2D eigenvalue weighted by Crippen LogP contribution is 2.27. The summed E-state index contributed by atoms with van der Waals surface area (Å²) in [5.41, 5.74) is 1.19. The molecule has 0 saturated carbocycles. The number of pyridine rings is 1. The lowest BCUT2D eigenvalue weighted by Gasteiger charge is -2.37. The fourth-order valence-electron chi connectivity index (χ4n) is 2.14. The Kier molecular flexibility index (Phi) is 3.82. The van der Waals surface area contributed by atoms with Gasteiger partial charge in [0.2, 0.25) is 0 Å². The maximum atomic E-state index is 4.55. The molecule has 2 rings (SSSR count). The molecule has 88 valence electrons. The minimum Gasteiger partial charge on any atom is -0.350 e. The molecule has 1 unspecified atom stereocenters.